The van der Waals surface area contributed by atoms with Crippen LogP contribution in [0, 0.1) is 11.6 Å². The molecule has 0 atom stereocenters. The highest BCUT2D eigenvalue weighted by Crippen LogP contribution is 2.36. The second-order valence-corrected chi connectivity index (χ2v) is 4.10. The van der Waals surface area contributed by atoms with E-state index in [9.17, 15) is 13.6 Å². The van der Waals surface area contributed by atoms with Gasteiger partial charge in [-0.25, -0.2) is 8.78 Å². The zero-order valence-electron chi connectivity index (χ0n) is 8.41. The maximum absolute atomic E-state index is 13.2. The highest BCUT2D eigenvalue weighted by Gasteiger charge is 2.24. The average molecular weight is 221 g/mol. The highest BCUT2D eigenvalue weighted by molar-refractivity contribution is 5.79. The fourth-order valence-electron chi connectivity index (χ4n) is 1.94. The molecule has 82 valence electrons. The Balaban J connectivity index is 2.42. The van der Waals surface area contributed by atoms with Crippen molar-refractivity contribution in [2.75, 3.05) is 0 Å². The van der Waals surface area contributed by atoms with Gasteiger partial charge in [-0.3, -0.25) is 4.79 Å². The molecule has 1 aromatic heterocycles. The smallest absolute Gasteiger partial charge is 0.189 e. The number of hydrogen-bond donors (Lipinski definition) is 0. The topological polar surface area (TPSA) is 22.0 Å². The van der Waals surface area contributed by atoms with Crippen LogP contribution in [0.25, 0.3) is 10.9 Å². The summed E-state index contributed by atoms with van der Waals surface area (Å²) in [6.45, 7) is 0. The molecule has 1 aliphatic carbocycles. The van der Waals surface area contributed by atoms with Gasteiger partial charge in [0, 0.05) is 29.8 Å². The summed E-state index contributed by atoms with van der Waals surface area (Å²) in [5.74, 6) is -1.88. The molecule has 0 bridgehead atoms. The molecule has 0 N–H and O–H groups in total. The van der Waals surface area contributed by atoms with Crippen molar-refractivity contribution in [1.29, 1.82) is 0 Å². The fourth-order valence-corrected chi connectivity index (χ4v) is 1.94. The van der Waals surface area contributed by atoms with E-state index in [4.69, 9.17) is 0 Å². The van der Waals surface area contributed by atoms with Gasteiger partial charge in [-0.05, 0) is 18.9 Å². The molecule has 1 aromatic carbocycles. The van der Waals surface area contributed by atoms with Crippen LogP contribution in [0.3, 0.4) is 0 Å². The molecule has 1 aliphatic rings. The first-order chi connectivity index (χ1) is 7.66. The summed E-state index contributed by atoms with van der Waals surface area (Å²) in [5.41, 5.74) is 0.208. The lowest BCUT2D eigenvalue weighted by molar-refractivity contribution is 0.510. The predicted molar refractivity (Wildman–Crippen MR) is 56.4 cm³/mol. The van der Waals surface area contributed by atoms with Crippen LogP contribution in [0.15, 0.2) is 29.2 Å². The minimum Gasteiger partial charge on any atom is -0.344 e. The van der Waals surface area contributed by atoms with Crippen LogP contribution in [0.1, 0.15) is 18.9 Å². The van der Waals surface area contributed by atoms with Gasteiger partial charge in [0.15, 0.2) is 17.1 Å². The van der Waals surface area contributed by atoms with Gasteiger partial charge in [-0.2, -0.15) is 0 Å². The third-order valence-corrected chi connectivity index (χ3v) is 2.91. The van der Waals surface area contributed by atoms with Gasteiger partial charge >= 0.3 is 0 Å². The van der Waals surface area contributed by atoms with E-state index in [1.165, 1.54) is 6.07 Å². The summed E-state index contributed by atoms with van der Waals surface area (Å²) in [6, 6.07) is 3.81. The first-order valence-electron chi connectivity index (χ1n) is 5.17. The van der Waals surface area contributed by atoms with Crippen molar-refractivity contribution >= 4 is 10.9 Å². The number of hydrogen-bond acceptors (Lipinski definition) is 1. The van der Waals surface area contributed by atoms with Gasteiger partial charge in [0.05, 0.1) is 5.52 Å². The van der Waals surface area contributed by atoms with E-state index in [2.05, 4.69) is 0 Å². The fraction of sp³-hybridized carbons (Fsp3) is 0.250. The Morgan fingerprint density at radius 1 is 1.19 bits per heavy atom. The molecule has 2 aromatic rings. The Hall–Kier alpha value is -1.71. The van der Waals surface area contributed by atoms with E-state index in [0.717, 1.165) is 25.0 Å². The van der Waals surface area contributed by atoms with Crippen molar-refractivity contribution in [3.8, 4) is 0 Å². The molecule has 4 heteroatoms. The predicted octanol–water partition coefficient (Wildman–Crippen LogP) is 2.61. The number of benzene rings is 1. The van der Waals surface area contributed by atoms with Crippen molar-refractivity contribution < 1.29 is 8.78 Å². The highest BCUT2D eigenvalue weighted by atomic mass is 19.2. The third-order valence-electron chi connectivity index (χ3n) is 2.91. The van der Waals surface area contributed by atoms with Crippen LogP contribution in [-0.4, -0.2) is 4.57 Å². The van der Waals surface area contributed by atoms with Crippen molar-refractivity contribution in [2.24, 2.45) is 0 Å². The van der Waals surface area contributed by atoms with Gasteiger partial charge < -0.3 is 4.57 Å². The average Bonchev–Trinajstić information content (AvgIpc) is 3.05. The van der Waals surface area contributed by atoms with E-state index in [1.54, 1.807) is 6.20 Å². The van der Waals surface area contributed by atoms with E-state index < -0.39 is 11.6 Å². The monoisotopic (exact) mass is 221 g/mol. The van der Waals surface area contributed by atoms with E-state index in [1.807, 2.05) is 4.57 Å². The molecule has 0 spiro atoms. The van der Waals surface area contributed by atoms with Crippen molar-refractivity contribution in [3.05, 3.63) is 46.3 Å². The van der Waals surface area contributed by atoms with Crippen molar-refractivity contribution in [1.82, 2.24) is 4.57 Å². The quantitative estimate of drug-likeness (QED) is 0.725. The second kappa shape index (κ2) is 3.14. The summed E-state index contributed by atoms with van der Waals surface area (Å²) in [6.07, 6.45) is 3.70. The molecule has 1 saturated carbocycles. The zero-order valence-corrected chi connectivity index (χ0v) is 8.41. The maximum Gasteiger partial charge on any atom is 0.189 e. The normalized spacial score (nSPS) is 15.6. The van der Waals surface area contributed by atoms with Crippen molar-refractivity contribution in [3.63, 3.8) is 0 Å². The Bertz CT molecular complexity index is 629. The molecule has 3 rings (SSSR count). The number of halogens is 2. The standard InChI is InChI=1S/C12H9F2NO/c13-9-5-8-11(6-10(9)14)15(7-1-2-7)4-3-12(8)16/h3-7H,1-2H2. The molecule has 1 fully saturated rings. The third kappa shape index (κ3) is 1.33. The van der Waals surface area contributed by atoms with Crippen LogP contribution in [-0.2, 0) is 0 Å². The molecule has 2 nitrogen and oxygen atoms in total. The first-order valence-corrected chi connectivity index (χ1v) is 5.17. The molecular formula is C12H9F2NO. The Labute approximate surface area is 90.1 Å². The van der Waals surface area contributed by atoms with Gasteiger partial charge in [-0.1, -0.05) is 0 Å². The summed E-state index contributed by atoms with van der Waals surface area (Å²) >= 11 is 0. The van der Waals surface area contributed by atoms with E-state index >= 15 is 0 Å². The van der Waals surface area contributed by atoms with Crippen LogP contribution in [0.4, 0.5) is 8.78 Å². The summed E-state index contributed by atoms with van der Waals surface area (Å²) in [7, 11) is 0. The van der Waals surface area contributed by atoms with Crippen LogP contribution >= 0.6 is 0 Å². The van der Waals surface area contributed by atoms with Gasteiger partial charge in [-0.15, -0.1) is 0 Å². The maximum atomic E-state index is 13.2. The number of nitrogens with zero attached hydrogens (tertiary/aromatic N) is 1. The first kappa shape index (κ1) is 9.51. The zero-order chi connectivity index (χ0) is 11.3. The molecule has 0 amide bonds. The molecule has 16 heavy (non-hydrogen) atoms. The lowest BCUT2D eigenvalue weighted by Crippen LogP contribution is -2.08. The largest absolute Gasteiger partial charge is 0.344 e. The molecule has 0 unspecified atom stereocenters. The Morgan fingerprint density at radius 2 is 1.88 bits per heavy atom. The summed E-state index contributed by atoms with van der Waals surface area (Å²) < 4.78 is 28.1. The van der Waals surface area contributed by atoms with Crippen LogP contribution in [0.2, 0.25) is 0 Å². The van der Waals surface area contributed by atoms with Crippen molar-refractivity contribution in [2.45, 2.75) is 18.9 Å². The number of rotatable bonds is 1. The number of fused-ring (bicyclic) bond motifs is 1. The van der Waals surface area contributed by atoms with Gasteiger partial charge in [0.2, 0.25) is 0 Å². The number of aromatic nitrogens is 1. The lowest BCUT2D eigenvalue weighted by atomic mass is 10.2. The molecule has 0 aliphatic heterocycles. The SMILES string of the molecule is O=c1ccn(C2CC2)c2cc(F)c(F)cc12. The Kier molecular flexibility index (Phi) is 1.87. The van der Waals surface area contributed by atoms with E-state index in [-0.39, 0.29) is 10.8 Å². The Morgan fingerprint density at radius 3 is 2.56 bits per heavy atom. The minimum absolute atomic E-state index is 0.244. The summed E-state index contributed by atoms with van der Waals surface area (Å²) in [5, 5.41) is 0.244. The van der Waals surface area contributed by atoms with Gasteiger partial charge in [0.1, 0.15) is 0 Å². The number of pyridine rings is 1. The van der Waals surface area contributed by atoms with Crippen LogP contribution < -0.4 is 5.43 Å². The second-order valence-electron chi connectivity index (χ2n) is 4.10. The minimum atomic E-state index is -0.974. The molecule has 0 saturated heterocycles. The molecular weight excluding hydrogens is 212 g/mol. The lowest BCUT2D eigenvalue weighted by Gasteiger charge is -2.09. The summed E-state index contributed by atoms with van der Waals surface area (Å²) in [4.78, 5) is 11.5. The molecule has 1 heterocycles. The van der Waals surface area contributed by atoms with Gasteiger partial charge in [0.25, 0.3) is 0 Å². The molecule has 0 radical (unpaired) electrons. The van der Waals surface area contributed by atoms with E-state index in [0.29, 0.717) is 11.6 Å². The van der Waals surface area contributed by atoms with Crippen LogP contribution in [0.5, 0.6) is 0 Å².